The largest absolute Gasteiger partial charge is 0.459 e. The molecule has 116 valence electrons. The zero-order valence-corrected chi connectivity index (χ0v) is 12.6. The van der Waals surface area contributed by atoms with Crippen molar-refractivity contribution in [1.82, 2.24) is 0 Å². The maximum absolute atomic E-state index is 11.5. The zero-order chi connectivity index (χ0) is 14.8. The molecule has 0 spiro atoms. The van der Waals surface area contributed by atoms with Crippen LogP contribution in [0.1, 0.15) is 59.3 Å². The third-order valence-corrected chi connectivity index (χ3v) is 3.92. The van der Waals surface area contributed by atoms with Crippen LogP contribution in [0.3, 0.4) is 0 Å². The first-order valence-electron chi connectivity index (χ1n) is 7.66. The minimum Gasteiger partial charge on any atom is -0.459 e. The molecule has 5 nitrogen and oxygen atoms in total. The van der Waals surface area contributed by atoms with E-state index >= 15 is 0 Å². The lowest BCUT2D eigenvalue weighted by atomic mass is 9.95. The highest BCUT2D eigenvalue weighted by Crippen LogP contribution is 2.36. The minimum absolute atomic E-state index is 0.184. The van der Waals surface area contributed by atoms with Gasteiger partial charge >= 0.3 is 5.97 Å². The second-order valence-corrected chi connectivity index (χ2v) is 6.19. The van der Waals surface area contributed by atoms with Gasteiger partial charge in [-0.2, -0.15) is 0 Å². The van der Waals surface area contributed by atoms with Gasteiger partial charge in [0, 0.05) is 6.42 Å². The van der Waals surface area contributed by atoms with Crippen LogP contribution in [-0.2, 0) is 19.0 Å². The molecule has 2 aliphatic heterocycles. The van der Waals surface area contributed by atoms with E-state index in [1.54, 1.807) is 0 Å². The van der Waals surface area contributed by atoms with Gasteiger partial charge in [0.2, 0.25) is 0 Å². The van der Waals surface area contributed by atoms with Gasteiger partial charge in [-0.1, -0.05) is 19.8 Å². The SMILES string of the molecule is CCCC[C@H](O)[C@H]1OC(C)(C)O[C@@H]1[C@H]1CCCC(=O)O1. The van der Waals surface area contributed by atoms with E-state index < -0.39 is 18.0 Å². The predicted octanol–water partition coefficient (Wildman–Crippen LogP) is 2.15. The molecule has 20 heavy (non-hydrogen) atoms. The maximum Gasteiger partial charge on any atom is 0.306 e. The summed E-state index contributed by atoms with van der Waals surface area (Å²) in [6.07, 6.45) is 3.01. The van der Waals surface area contributed by atoms with E-state index in [-0.39, 0.29) is 18.2 Å². The van der Waals surface area contributed by atoms with E-state index in [0.29, 0.717) is 12.8 Å². The summed E-state index contributed by atoms with van der Waals surface area (Å²) in [6.45, 7) is 5.75. The van der Waals surface area contributed by atoms with Crippen molar-refractivity contribution in [2.45, 2.75) is 89.5 Å². The summed E-state index contributed by atoms with van der Waals surface area (Å²) in [5, 5.41) is 10.3. The number of rotatable bonds is 5. The molecule has 2 aliphatic rings. The molecule has 0 amide bonds. The number of carbonyl (C=O) groups is 1. The molecule has 0 bridgehead atoms. The summed E-state index contributed by atoms with van der Waals surface area (Å²) in [7, 11) is 0. The normalized spacial score (nSPS) is 34.8. The van der Waals surface area contributed by atoms with Crippen molar-refractivity contribution in [3.8, 4) is 0 Å². The molecule has 0 aliphatic carbocycles. The molecule has 5 heteroatoms. The van der Waals surface area contributed by atoms with Gasteiger partial charge < -0.3 is 19.3 Å². The summed E-state index contributed by atoms with van der Waals surface area (Å²) >= 11 is 0. The minimum atomic E-state index is -0.744. The molecular formula is C15H26O5. The highest BCUT2D eigenvalue weighted by atomic mass is 16.8. The van der Waals surface area contributed by atoms with Gasteiger partial charge in [0.1, 0.15) is 18.3 Å². The Morgan fingerprint density at radius 1 is 1.40 bits per heavy atom. The quantitative estimate of drug-likeness (QED) is 0.785. The van der Waals surface area contributed by atoms with Crippen molar-refractivity contribution in [2.75, 3.05) is 0 Å². The number of aliphatic hydroxyl groups is 1. The second kappa shape index (κ2) is 6.41. The summed E-state index contributed by atoms with van der Waals surface area (Å²) in [4.78, 5) is 11.5. The van der Waals surface area contributed by atoms with Crippen molar-refractivity contribution >= 4 is 5.97 Å². The van der Waals surface area contributed by atoms with Crippen LogP contribution in [0.4, 0.5) is 0 Å². The number of esters is 1. The van der Waals surface area contributed by atoms with Gasteiger partial charge in [-0.05, 0) is 33.1 Å². The Morgan fingerprint density at radius 2 is 2.15 bits per heavy atom. The lowest BCUT2D eigenvalue weighted by molar-refractivity contribution is -0.176. The van der Waals surface area contributed by atoms with Crippen LogP contribution >= 0.6 is 0 Å². The molecule has 0 aromatic rings. The van der Waals surface area contributed by atoms with Gasteiger partial charge in [-0.15, -0.1) is 0 Å². The second-order valence-electron chi connectivity index (χ2n) is 6.19. The molecule has 4 atom stereocenters. The average Bonchev–Trinajstić information content (AvgIpc) is 2.72. The fourth-order valence-corrected chi connectivity index (χ4v) is 2.95. The van der Waals surface area contributed by atoms with Crippen LogP contribution in [0.15, 0.2) is 0 Å². The van der Waals surface area contributed by atoms with Gasteiger partial charge in [-0.25, -0.2) is 0 Å². The van der Waals surface area contributed by atoms with Gasteiger partial charge in [0.05, 0.1) is 6.10 Å². The molecular weight excluding hydrogens is 260 g/mol. The molecule has 2 fully saturated rings. The highest BCUT2D eigenvalue weighted by molar-refractivity contribution is 5.70. The molecule has 0 saturated carbocycles. The van der Waals surface area contributed by atoms with E-state index in [4.69, 9.17) is 14.2 Å². The third kappa shape index (κ3) is 3.71. The van der Waals surface area contributed by atoms with Crippen molar-refractivity contribution in [3.05, 3.63) is 0 Å². The third-order valence-electron chi connectivity index (χ3n) is 3.92. The zero-order valence-electron chi connectivity index (χ0n) is 12.6. The van der Waals surface area contributed by atoms with Crippen LogP contribution in [0.2, 0.25) is 0 Å². The predicted molar refractivity (Wildman–Crippen MR) is 73.1 cm³/mol. The number of hydrogen-bond acceptors (Lipinski definition) is 5. The monoisotopic (exact) mass is 286 g/mol. The molecule has 2 rings (SSSR count). The molecule has 2 heterocycles. The van der Waals surface area contributed by atoms with Crippen LogP contribution in [-0.4, -0.2) is 41.3 Å². The topological polar surface area (TPSA) is 65.0 Å². The first-order valence-corrected chi connectivity index (χ1v) is 7.66. The van der Waals surface area contributed by atoms with E-state index in [0.717, 1.165) is 25.7 Å². The van der Waals surface area contributed by atoms with E-state index in [9.17, 15) is 9.90 Å². The van der Waals surface area contributed by atoms with Crippen LogP contribution < -0.4 is 0 Å². The molecule has 1 N–H and O–H groups in total. The van der Waals surface area contributed by atoms with Crippen molar-refractivity contribution in [2.24, 2.45) is 0 Å². The fourth-order valence-electron chi connectivity index (χ4n) is 2.95. The Hall–Kier alpha value is -0.650. The van der Waals surface area contributed by atoms with Crippen molar-refractivity contribution in [1.29, 1.82) is 0 Å². The Kier molecular flexibility index (Phi) is 5.04. The first-order chi connectivity index (χ1) is 9.43. The molecule has 2 saturated heterocycles. The summed E-state index contributed by atoms with van der Waals surface area (Å²) < 4.78 is 17.1. The van der Waals surface area contributed by atoms with Gasteiger partial charge in [0.25, 0.3) is 0 Å². The lowest BCUT2D eigenvalue weighted by Crippen LogP contribution is -2.45. The summed E-state index contributed by atoms with van der Waals surface area (Å²) in [5.74, 6) is -0.928. The molecule has 0 aromatic carbocycles. The first kappa shape index (κ1) is 15.7. The number of ether oxygens (including phenoxy) is 3. The van der Waals surface area contributed by atoms with Crippen molar-refractivity contribution in [3.63, 3.8) is 0 Å². The Bertz CT molecular complexity index is 341. The van der Waals surface area contributed by atoms with Gasteiger partial charge in [0.15, 0.2) is 5.79 Å². The van der Waals surface area contributed by atoms with E-state index in [1.807, 2.05) is 13.8 Å². The van der Waals surface area contributed by atoms with E-state index in [1.165, 1.54) is 0 Å². The van der Waals surface area contributed by atoms with Crippen LogP contribution in [0.5, 0.6) is 0 Å². The maximum atomic E-state index is 11.5. The number of hydrogen-bond donors (Lipinski definition) is 1. The number of carbonyl (C=O) groups excluding carboxylic acids is 1. The Labute approximate surface area is 120 Å². The van der Waals surface area contributed by atoms with Crippen LogP contribution in [0, 0.1) is 0 Å². The highest BCUT2D eigenvalue weighted by Gasteiger charge is 2.49. The fraction of sp³-hybridized carbons (Fsp3) is 0.933. The molecule has 0 radical (unpaired) electrons. The smallest absolute Gasteiger partial charge is 0.306 e. The summed E-state index contributed by atoms with van der Waals surface area (Å²) in [5.41, 5.74) is 0. The van der Waals surface area contributed by atoms with Crippen molar-refractivity contribution < 1.29 is 24.1 Å². The van der Waals surface area contributed by atoms with E-state index in [2.05, 4.69) is 6.92 Å². The molecule has 0 aromatic heterocycles. The number of unbranched alkanes of at least 4 members (excludes halogenated alkanes) is 1. The Balaban J connectivity index is 2.05. The number of cyclic esters (lactones) is 1. The number of aliphatic hydroxyl groups excluding tert-OH is 1. The standard InChI is InChI=1S/C15H26O5/c1-4-5-7-10(16)13-14(20-15(2,3)19-13)11-8-6-9-12(17)18-11/h10-11,13-14,16H,4-9H2,1-3H3/t10-,11+,13+,14+/m0/s1. The Morgan fingerprint density at radius 3 is 2.80 bits per heavy atom. The summed E-state index contributed by atoms with van der Waals surface area (Å²) in [6, 6.07) is 0. The van der Waals surface area contributed by atoms with Gasteiger partial charge in [-0.3, -0.25) is 4.79 Å². The average molecular weight is 286 g/mol. The molecule has 0 unspecified atom stereocenters. The van der Waals surface area contributed by atoms with Crippen LogP contribution in [0.25, 0.3) is 0 Å². The lowest BCUT2D eigenvalue weighted by Gasteiger charge is -2.31.